The number of nitrogens with one attached hydrogen (secondary N) is 1. The second kappa shape index (κ2) is 6.53. The third-order valence-corrected chi connectivity index (χ3v) is 6.66. The highest BCUT2D eigenvalue weighted by Crippen LogP contribution is 2.34. The summed E-state index contributed by atoms with van der Waals surface area (Å²) in [6.45, 7) is 0.255. The Labute approximate surface area is 151 Å². The fourth-order valence-corrected chi connectivity index (χ4v) is 4.57. The van der Waals surface area contributed by atoms with Gasteiger partial charge in [-0.05, 0) is 36.6 Å². The molecule has 1 N–H and O–H groups in total. The van der Waals surface area contributed by atoms with Crippen LogP contribution in [0, 0.1) is 4.78 Å². The highest BCUT2D eigenvalue weighted by Gasteiger charge is 2.33. The Hall–Kier alpha value is -2.74. The summed E-state index contributed by atoms with van der Waals surface area (Å²) in [4.78, 5) is 13.1. The zero-order valence-corrected chi connectivity index (χ0v) is 15.0. The number of methoxy groups -OCH3 is 1. The standard InChI is InChI=1S/C18H18N4O3S/c1-24-18-16-15(7-8-20-18)17(22-11-21-16)25-10-12-3-2-4-14(9-12)26(19,23)13-5-6-13/h2-4,7-9,11,13,19H,5-6,10H2,1H3. The van der Waals surface area contributed by atoms with E-state index in [-0.39, 0.29) is 11.9 Å². The topological polar surface area (TPSA) is 98.1 Å². The van der Waals surface area contributed by atoms with Gasteiger partial charge in [0.15, 0.2) is 0 Å². The molecule has 1 aliphatic rings. The van der Waals surface area contributed by atoms with Gasteiger partial charge in [0, 0.05) is 16.3 Å². The highest BCUT2D eigenvalue weighted by molar-refractivity contribution is 7.93. The van der Waals surface area contributed by atoms with E-state index >= 15 is 0 Å². The van der Waals surface area contributed by atoms with Crippen LogP contribution in [0.25, 0.3) is 10.9 Å². The largest absolute Gasteiger partial charge is 0.479 e. The van der Waals surface area contributed by atoms with Crippen molar-refractivity contribution in [2.45, 2.75) is 29.6 Å². The maximum absolute atomic E-state index is 12.6. The molecule has 0 radical (unpaired) electrons. The molecule has 1 unspecified atom stereocenters. The van der Waals surface area contributed by atoms with Gasteiger partial charge in [-0.2, -0.15) is 0 Å². The number of rotatable bonds is 6. The molecule has 134 valence electrons. The molecular weight excluding hydrogens is 352 g/mol. The predicted octanol–water partition coefficient (Wildman–Crippen LogP) is 3.18. The number of fused-ring (bicyclic) bond motifs is 1. The van der Waals surface area contributed by atoms with Gasteiger partial charge in [0.2, 0.25) is 11.8 Å². The molecule has 4 rings (SSSR count). The molecule has 1 aliphatic carbocycles. The van der Waals surface area contributed by atoms with Gasteiger partial charge >= 0.3 is 0 Å². The molecular formula is C18H18N4O3S. The number of benzene rings is 1. The monoisotopic (exact) mass is 370 g/mol. The summed E-state index contributed by atoms with van der Waals surface area (Å²) < 4.78 is 31.9. The van der Waals surface area contributed by atoms with Crippen molar-refractivity contribution in [1.82, 2.24) is 15.0 Å². The van der Waals surface area contributed by atoms with E-state index in [1.807, 2.05) is 12.1 Å². The average Bonchev–Trinajstić information content (AvgIpc) is 3.52. The molecule has 1 saturated carbocycles. The quantitative estimate of drug-likeness (QED) is 0.715. The summed E-state index contributed by atoms with van der Waals surface area (Å²) >= 11 is 0. The van der Waals surface area contributed by atoms with Crippen LogP contribution in [0.4, 0.5) is 0 Å². The first-order valence-electron chi connectivity index (χ1n) is 8.22. The molecule has 3 aromatic rings. The zero-order chi connectivity index (χ0) is 18.1. The lowest BCUT2D eigenvalue weighted by molar-refractivity contribution is 0.297. The van der Waals surface area contributed by atoms with Crippen LogP contribution in [0.15, 0.2) is 47.8 Å². The van der Waals surface area contributed by atoms with Crippen molar-refractivity contribution in [2.24, 2.45) is 0 Å². The van der Waals surface area contributed by atoms with Crippen LogP contribution < -0.4 is 9.47 Å². The molecule has 1 aromatic carbocycles. The van der Waals surface area contributed by atoms with Gasteiger partial charge < -0.3 is 9.47 Å². The Balaban J connectivity index is 1.59. The zero-order valence-electron chi connectivity index (χ0n) is 14.2. The smallest absolute Gasteiger partial charge is 0.240 e. The summed E-state index contributed by atoms with van der Waals surface area (Å²) in [5.41, 5.74) is 1.42. The Morgan fingerprint density at radius 2 is 2.04 bits per heavy atom. The minimum Gasteiger partial charge on any atom is -0.479 e. The van der Waals surface area contributed by atoms with Gasteiger partial charge in [0.1, 0.15) is 18.5 Å². The maximum atomic E-state index is 12.6. The van der Waals surface area contributed by atoms with E-state index in [4.69, 9.17) is 14.3 Å². The van der Waals surface area contributed by atoms with Crippen molar-refractivity contribution in [3.8, 4) is 11.8 Å². The van der Waals surface area contributed by atoms with Crippen molar-refractivity contribution in [1.29, 1.82) is 4.78 Å². The lowest BCUT2D eigenvalue weighted by Crippen LogP contribution is -2.06. The molecule has 0 bridgehead atoms. The van der Waals surface area contributed by atoms with Crippen LogP contribution in [0.2, 0.25) is 0 Å². The van der Waals surface area contributed by atoms with Crippen molar-refractivity contribution >= 4 is 20.6 Å². The van der Waals surface area contributed by atoms with Crippen LogP contribution in [0.1, 0.15) is 18.4 Å². The molecule has 0 spiro atoms. The third-order valence-electron chi connectivity index (χ3n) is 4.29. The van der Waals surface area contributed by atoms with E-state index in [2.05, 4.69) is 15.0 Å². The van der Waals surface area contributed by atoms with Gasteiger partial charge in [-0.1, -0.05) is 12.1 Å². The van der Waals surface area contributed by atoms with Crippen molar-refractivity contribution in [3.63, 3.8) is 0 Å². The van der Waals surface area contributed by atoms with Crippen LogP contribution in [-0.4, -0.2) is 31.5 Å². The van der Waals surface area contributed by atoms with E-state index < -0.39 is 9.73 Å². The first-order valence-corrected chi connectivity index (χ1v) is 9.85. The Bertz CT molecular complexity index is 1060. The van der Waals surface area contributed by atoms with Crippen molar-refractivity contribution < 1.29 is 13.7 Å². The molecule has 8 heteroatoms. The average molecular weight is 370 g/mol. The molecule has 1 atom stereocenters. The van der Waals surface area contributed by atoms with Crippen LogP contribution in [0.3, 0.4) is 0 Å². The second-order valence-corrected chi connectivity index (χ2v) is 8.47. The fourth-order valence-electron chi connectivity index (χ4n) is 2.77. The SMILES string of the molecule is COc1nccc2c(OCc3cccc(S(=N)(=O)C4CC4)c3)ncnc12. The summed E-state index contributed by atoms with van der Waals surface area (Å²) in [7, 11) is -1.19. The van der Waals surface area contributed by atoms with Crippen LogP contribution in [-0.2, 0) is 16.3 Å². The number of ether oxygens (including phenoxy) is 2. The molecule has 0 saturated heterocycles. The maximum Gasteiger partial charge on any atom is 0.240 e. The molecule has 2 heterocycles. The fraction of sp³-hybridized carbons (Fsp3) is 0.278. The van der Waals surface area contributed by atoms with Gasteiger partial charge in [-0.3, -0.25) is 0 Å². The van der Waals surface area contributed by atoms with Crippen LogP contribution >= 0.6 is 0 Å². The normalized spacial score (nSPS) is 16.2. The molecule has 1 fully saturated rings. The summed E-state index contributed by atoms with van der Waals surface area (Å²) in [6.07, 6.45) is 4.75. The lowest BCUT2D eigenvalue weighted by atomic mass is 10.2. The van der Waals surface area contributed by atoms with E-state index in [0.717, 1.165) is 18.4 Å². The molecule has 26 heavy (non-hydrogen) atoms. The van der Waals surface area contributed by atoms with Crippen molar-refractivity contribution in [2.75, 3.05) is 7.11 Å². The summed E-state index contributed by atoms with van der Waals surface area (Å²) in [5, 5.41) is 0.696. The minimum absolute atomic E-state index is 0.00978. The van der Waals surface area contributed by atoms with Crippen LogP contribution in [0.5, 0.6) is 11.8 Å². The van der Waals surface area contributed by atoms with E-state index in [0.29, 0.717) is 27.6 Å². The molecule has 0 amide bonds. The van der Waals surface area contributed by atoms with Gasteiger partial charge in [0.05, 0.1) is 22.2 Å². The van der Waals surface area contributed by atoms with Gasteiger partial charge in [-0.15, -0.1) is 0 Å². The Morgan fingerprint density at radius 3 is 2.81 bits per heavy atom. The second-order valence-electron chi connectivity index (χ2n) is 6.13. The first kappa shape index (κ1) is 16.7. The summed E-state index contributed by atoms with van der Waals surface area (Å²) in [6, 6.07) is 9.02. The highest BCUT2D eigenvalue weighted by atomic mass is 32.2. The van der Waals surface area contributed by atoms with Gasteiger partial charge in [-0.25, -0.2) is 23.9 Å². The van der Waals surface area contributed by atoms with Crippen molar-refractivity contribution in [3.05, 3.63) is 48.4 Å². The first-order chi connectivity index (χ1) is 12.6. The number of hydrogen-bond donors (Lipinski definition) is 1. The Morgan fingerprint density at radius 1 is 1.19 bits per heavy atom. The third kappa shape index (κ3) is 3.08. The lowest BCUT2D eigenvalue weighted by Gasteiger charge is -2.11. The van der Waals surface area contributed by atoms with E-state index in [1.54, 1.807) is 24.4 Å². The summed E-state index contributed by atoms with van der Waals surface area (Å²) in [5.74, 6) is 0.838. The molecule has 2 aromatic heterocycles. The molecule has 0 aliphatic heterocycles. The molecule has 7 nitrogen and oxygen atoms in total. The number of aromatic nitrogens is 3. The Kier molecular flexibility index (Phi) is 4.20. The predicted molar refractivity (Wildman–Crippen MR) is 96.8 cm³/mol. The number of pyridine rings is 1. The number of hydrogen-bond acceptors (Lipinski definition) is 7. The number of nitrogens with zero attached hydrogens (tertiary/aromatic N) is 3. The van der Waals surface area contributed by atoms with Gasteiger partial charge in [0.25, 0.3) is 0 Å². The minimum atomic E-state index is -2.72. The van der Waals surface area contributed by atoms with E-state index in [9.17, 15) is 4.21 Å². The van der Waals surface area contributed by atoms with E-state index in [1.165, 1.54) is 13.4 Å².